The second kappa shape index (κ2) is 6.23. The number of halogens is 2. The number of hydrogen-bond donors (Lipinski definition) is 2. The van der Waals surface area contributed by atoms with Gasteiger partial charge in [0.05, 0.1) is 16.8 Å². The zero-order chi connectivity index (χ0) is 15.5. The molecule has 1 atom stereocenters. The molecule has 2 aromatic rings. The first kappa shape index (κ1) is 14.7. The second-order valence-corrected chi connectivity index (χ2v) is 5.45. The smallest absolute Gasteiger partial charge is 0.319 e. The van der Waals surface area contributed by atoms with Gasteiger partial charge in [-0.1, -0.05) is 29.8 Å². The molecule has 6 heteroatoms. The molecule has 0 spiro atoms. The Morgan fingerprint density at radius 2 is 2.09 bits per heavy atom. The van der Waals surface area contributed by atoms with Crippen LogP contribution in [0.4, 0.5) is 14.9 Å². The average Bonchev–Trinajstić information content (AvgIpc) is 2.50. The topological polar surface area (TPSA) is 50.4 Å². The minimum absolute atomic E-state index is 0.130. The quantitative estimate of drug-likeness (QED) is 0.888. The van der Waals surface area contributed by atoms with Gasteiger partial charge in [-0.25, -0.2) is 9.18 Å². The van der Waals surface area contributed by atoms with E-state index in [4.69, 9.17) is 16.3 Å². The van der Waals surface area contributed by atoms with Crippen molar-refractivity contribution in [3.63, 3.8) is 0 Å². The van der Waals surface area contributed by atoms with Gasteiger partial charge in [-0.2, -0.15) is 0 Å². The van der Waals surface area contributed by atoms with Gasteiger partial charge in [0, 0.05) is 0 Å². The standard InChI is InChI=1S/C16H14ClFN2O2/c17-13-8-11(18)5-6-14(13)20-16(21)19-12-7-10-3-1-2-4-15(10)22-9-12/h1-6,8,12H,7,9H2,(H2,19,20,21). The lowest BCUT2D eigenvalue weighted by Gasteiger charge is -2.26. The fraction of sp³-hybridized carbons (Fsp3) is 0.188. The van der Waals surface area contributed by atoms with Crippen LogP contribution in [0.2, 0.25) is 5.02 Å². The van der Waals surface area contributed by atoms with Crippen LogP contribution in [0.1, 0.15) is 5.56 Å². The van der Waals surface area contributed by atoms with Crippen LogP contribution in [-0.2, 0) is 6.42 Å². The molecule has 4 nitrogen and oxygen atoms in total. The van der Waals surface area contributed by atoms with Crippen LogP contribution in [-0.4, -0.2) is 18.7 Å². The maximum absolute atomic E-state index is 13.0. The molecule has 2 aromatic carbocycles. The Bertz CT molecular complexity index is 708. The Morgan fingerprint density at radius 3 is 2.91 bits per heavy atom. The van der Waals surface area contributed by atoms with Crippen LogP contribution in [0.5, 0.6) is 5.75 Å². The highest BCUT2D eigenvalue weighted by Crippen LogP contribution is 2.24. The third-order valence-electron chi connectivity index (χ3n) is 3.39. The molecular formula is C16H14ClFN2O2. The first-order valence-electron chi connectivity index (χ1n) is 6.85. The molecule has 22 heavy (non-hydrogen) atoms. The van der Waals surface area contributed by atoms with E-state index in [-0.39, 0.29) is 11.1 Å². The van der Waals surface area contributed by atoms with Crippen molar-refractivity contribution in [3.8, 4) is 5.75 Å². The molecule has 1 aliphatic rings. The maximum Gasteiger partial charge on any atom is 0.319 e. The fourth-order valence-corrected chi connectivity index (χ4v) is 2.57. The number of anilines is 1. The first-order valence-corrected chi connectivity index (χ1v) is 7.23. The van der Waals surface area contributed by atoms with Gasteiger partial charge in [0.1, 0.15) is 18.2 Å². The predicted octanol–water partition coefficient (Wildman–Crippen LogP) is 3.60. The molecular weight excluding hydrogens is 307 g/mol. The lowest BCUT2D eigenvalue weighted by atomic mass is 10.0. The summed E-state index contributed by atoms with van der Waals surface area (Å²) in [6.45, 7) is 0.404. The normalized spacial score (nSPS) is 16.4. The van der Waals surface area contributed by atoms with E-state index >= 15 is 0 Å². The van der Waals surface area contributed by atoms with E-state index < -0.39 is 11.8 Å². The first-order chi connectivity index (χ1) is 10.6. The van der Waals surface area contributed by atoms with Crippen molar-refractivity contribution in [2.45, 2.75) is 12.5 Å². The molecule has 2 amide bonds. The number of hydrogen-bond acceptors (Lipinski definition) is 2. The summed E-state index contributed by atoms with van der Waals surface area (Å²) in [6, 6.07) is 11.0. The molecule has 0 aliphatic carbocycles. The number of benzene rings is 2. The van der Waals surface area contributed by atoms with Crippen molar-refractivity contribution < 1.29 is 13.9 Å². The van der Waals surface area contributed by atoms with E-state index in [9.17, 15) is 9.18 Å². The third kappa shape index (κ3) is 3.31. The van der Waals surface area contributed by atoms with Crippen molar-refractivity contribution in [2.24, 2.45) is 0 Å². The number of urea groups is 1. The Kier molecular flexibility index (Phi) is 4.15. The number of ether oxygens (including phenoxy) is 1. The lowest BCUT2D eigenvalue weighted by Crippen LogP contribution is -2.44. The summed E-state index contributed by atoms with van der Waals surface area (Å²) >= 11 is 5.88. The highest BCUT2D eigenvalue weighted by Gasteiger charge is 2.21. The maximum atomic E-state index is 13.0. The third-order valence-corrected chi connectivity index (χ3v) is 3.71. The largest absolute Gasteiger partial charge is 0.491 e. The zero-order valence-electron chi connectivity index (χ0n) is 11.6. The number of carbonyl (C=O) groups is 1. The van der Waals surface area contributed by atoms with E-state index in [0.717, 1.165) is 17.4 Å². The highest BCUT2D eigenvalue weighted by molar-refractivity contribution is 6.33. The number of para-hydroxylation sites is 1. The summed E-state index contributed by atoms with van der Waals surface area (Å²) in [5, 5.41) is 5.58. The Balaban J connectivity index is 1.61. The molecule has 1 unspecified atom stereocenters. The minimum atomic E-state index is -0.451. The van der Waals surface area contributed by atoms with Crippen molar-refractivity contribution in [2.75, 3.05) is 11.9 Å². The average molecular weight is 321 g/mol. The Labute approximate surface area is 132 Å². The minimum Gasteiger partial charge on any atom is -0.491 e. The summed E-state index contributed by atoms with van der Waals surface area (Å²) in [4.78, 5) is 12.0. The zero-order valence-corrected chi connectivity index (χ0v) is 12.4. The summed E-state index contributed by atoms with van der Waals surface area (Å²) in [5.74, 6) is 0.399. The molecule has 2 N–H and O–H groups in total. The van der Waals surface area contributed by atoms with Crippen LogP contribution in [0, 0.1) is 5.82 Å². The Hall–Kier alpha value is -2.27. The van der Waals surface area contributed by atoms with Crippen LogP contribution >= 0.6 is 11.6 Å². The van der Waals surface area contributed by atoms with Gasteiger partial charge in [-0.15, -0.1) is 0 Å². The van der Waals surface area contributed by atoms with Crippen molar-refractivity contribution in [3.05, 3.63) is 58.9 Å². The molecule has 0 fully saturated rings. The van der Waals surface area contributed by atoms with Gasteiger partial charge < -0.3 is 15.4 Å². The van der Waals surface area contributed by atoms with Crippen LogP contribution in [0.15, 0.2) is 42.5 Å². The van der Waals surface area contributed by atoms with Crippen LogP contribution in [0.25, 0.3) is 0 Å². The lowest BCUT2D eigenvalue weighted by molar-refractivity contribution is 0.222. The van der Waals surface area contributed by atoms with E-state index in [1.54, 1.807) is 0 Å². The monoisotopic (exact) mass is 320 g/mol. The van der Waals surface area contributed by atoms with Crippen LogP contribution < -0.4 is 15.4 Å². The molecule has 114 valence electrons. The van der Waals surface area contributed by atoms with E-state index in [0.29, 0.717) is 18.7 Å². The number of amides is 2. The molecule has 0 saturated heterocycles. The van der Waals surface area contributed by atoms with Gasteiger partial charge in [-0.05, 0) is 36.2 Å². The number of fused-ring (bicyclic) bond motifs is 1. The molecule has 0 bridgehead atoms. The Morgan fingerprint density at radius 1 is 1.27 bits per heavy atom. The molecule has 3 rings (SSSR count). The number of rotatable bonds is 2. The van der Waals surface area contributed by atoms with Gasteiger partial charge in [0.2, 0.25) is 0 Å². The van der Waals surface area contributed by atoms with Crippen LogP contribution in [0.3, 0.4) is 0 Å². The molecule has 1 aliphatic heterocycles. The summed E-state index contributed by atoms with van der Waals surface area (Å²) in [6.07, 6.45) is 0.695. The summed E-state index contributed by atoms with van der Waals surface area (Å²) in [7, 11) is 0. The number of nitrogens with one attached hydrogen (secondary N) is 2. The van der Waals surface area contributed by atoms with E-state index in [1.165, 1.54) is 12.1 Å². The highest BCUT2D eigenvalue weighted by atomic mass is 35.5. The van der Waals surface area contributed by atoms with Gasteiger partial charge in [-0.3, -0.25) is 0 Å². The molecule has 0 aromatic heterocycles. The summed E-state index contributed by atoms with van der Waals surface area (Å²) < 4.78 is 18.6. The van der Waals surface area contributed by atoms with Crippen molar-refractivity contribution in [1.29, 1.82) is 0 Å². The predicted molar refractivity (Wildman–Crippen MR) is 83.0 cm³/mol. The number of carbonyl (C=O) groups excluding carboxylic acids is 1. The van der Waals surface area contributed by atoms with Crippen molar-refractivity contribution in [1.82, 2.24) is 5.32 Å². The molecule has 0 radical (unpaired) electrons. The SMILES string of the molecule is O=C(Nc1ccc(F)cc1Cl)NC1COc2ccccc2C1. The van der Waals surface area contributed by atoms with Gasteiger partial charge in [0.25, 0.3) is 0 Å². The molecule has 0 saturated carbocycles. The van der Waals surface area contributed by atoms with Gasteiger partial charge >= 0.3 is 6.03 Å². The fourth-order valence-electron chi connectivity index (χ4n) is 2.36. The van der Waals surface area contributed by atoms with Gasteiger partial charge in [0.15, 0.2) is 0 Å². The summed E-state index contributed by atoms with van der Waals surface area (Å²) in [5.41, 5.74) is 1.41. The van der Waals surface area contributed by atoms with E-state index in [2.05, 4.69) is 10.6 Å². The second-order valence-electron chi connectivity index (χ2n) is 5.04. The van der Waals surface area contributed by atoms with E-state index in [1.807, 2.05) is 24.3 Å². The van der Waals surface area contributed by atoms with Crippen molar-refractivity contribution >= 4 is 23.3 Å². The molecule has 1 heterocycles.